The average molecular weight is 516 g/mol. The van der Waals surface area contributed by atoms with Gasteiger partial charge in [-0.05, 0) is 62.6 Å². The summed E-state index contributed by atoms with van der Waals surface area (Å²) in [5.41, 5.74) is 8.63. The standard InChI is InChI=1S/C39H33N/c1-9-24-11-13-26-15-17-31-35(28-21-29(38(3,4)5)23-30(22-28)39(6,7)8)32-18-16-27-14-12-25(10-2)20-34(27)37(32)40-36(31)33(26)19-24/h1-2,11-23H,3-8H3. The van der Waals surface area contributed by atoms with Gasteiger partial charge >= 0.3 is 0 Å². The Labute approximate surface area is 237 Å². The molecule has 1 aromatic heterocycles. The normalized spacial score (nSPS) is 12.2. The molecule has 0 bridgehead atoms. The maximum Gasteiger partial charge on any atom is 0.0795 e. The third-order valence-corrected chi connectivity index (χ3v) is 8.04. The van der Waals surface area contributed by atoms with Gasteiger partial charge in [-0.3, -0.25) is 0 Å². The van der Waals surface area contributed by atoms with Crippen LogP contribution < -0.4 is 0 Å². The first kappa shape index (κ1) is 25.7. The minimum absolute atomic E-state index is 0.00254. The van der Waals surface area contributed by atoms with Crippen LogP contribution >= 0.6 is 0 Å². The number of terminal acetylenes is 2. The number of hydrogen-bond acceptors (Lipinski definition) is 1. The molecule has 1 heteroatoms. The molecule has 0 N–H and O–H groups in total. The monoisotopic (exact) mass is 515 g/mol. The number of fused-ring (bicyclic) bond motifs is 6. The van der Waals surface area contributed by atoms with E-state index in [-0.39, 0.29) is 10.8 Å². The number of nitrogens with zero attached hydrogens (tertiary/aromatic N) is 1. The van der Waals surface area contributed by atoms with Crippen molar-refractivity contribution < 1.29 is 0 Å². The van der Waals surface area contributed by atoms with Gasteiger partial charge in [-0.25, -0.2) is 4.98 Å². The van der Waals surface area contributed by atoms with Crippen LogP contribution in [-0.2, 0) is 10.8 Å². The summed E-state index contributed by atoms with van der Waals surface area (Å²) in [4.78, 5) is 5.38. The molecule has 40 heavy (non-hydrogen) atoms. The molecular weight excluding hydrogens is 482 g/mol. The lowest BCUT2D eigenvalue weighted by molar-refractivity contribution is 0.569. The lowest BCUT2D eigenvalue weighted by Crippen LogP contribution is -2.16. The van der Waals surface area contributed by atoms with Crippen molar-refractivity contribution in [2.45, 2.75) is 52.4 Å². The van der Waals surface area contributed by atoms with Crippen LogP contribution in [0.3, 0.4) is 0 Å². The van der Waals surface area contributed by atoms with Gasteiger partial charge in [0.25, 0.3) is 0 Å². The van der Waals surface area contributed by atoms with E-state index in [4.69, 9.17) is 17.8 Å². The number of benzene rings is 5. The fourth-order valence-corrected chi connectivity index (χ4v) is 5.64. The molecule has 0 saturated heterocycles. The maximum atomic E-state index is 5.83. The van der Waals surface area contributed by atoms with Crippen molar-refractivity contribution >= 4 is 43.4 Å². The first-order chi connectivity index (χ1) is 19.0. The van der Waals surface area contributed by atoms with Crippen LogP contribution in [0.4, 0.5) is 0 Å². The Morgan fingerprint density at radius 3 is 1.35 bits per heavy atom. The highest BCUT2D eigenvalue weighted by Gasteiger charge is 2.23. The lowest BCUT2D eigenvalue weighted by atomic mass is 9.78. The van der Waals surface area contributed by atoms with Crippen molar-refractivity contribution in [1.82, 2.24) is 4.98 Å². The Hall–Kier alpha value is -4.59. The Kier molecular flexibility index (Phi) is 5.76. The molecule has 6 aromatic rings. The van der Waals surface area contributed by atoms with E-state index in [1.54, 1.807) is 0 Å². The van der Waals surface area contributed by atoms with E-state index in [2.05, 4.69) is 120 Å². The molecule has 0 aliphatic rings. The Bertz CT molecular complexity index is 1940. The van der Waals surface area contributed by atoms with Gasteiger partial charge in [0, 0.05) is 38.2 Å². The number of hydrogen-bond donors (Lipinski definition) is 0. The zero-order valence-corrected chi connectivity index (χ0v) is 24.1. The van der Waals surface area contributed by atoms with Crippen molar-refractivity contribution in [3.05, 3.63) is 101 Å². The van der Waals surface area contributed by atoms with Gasteiger partial charge in [-0.15, -0.1) is 12.8 Å². The van der Waals surface area contributed by atoms with Crippen LogP contribution in [-0.4, -0.2) is 4.98 Å². The fraction of sp³-hybridized carbons (Fsp3) is 0.205. The SMILES string of the molecule is C#Cc1ccc2ccc3c(-c4cc(C(C)(C)C)cc(C(C)(C)C)c4)c4ccc5ccc(C#C)cc5c4nc3c2c1. The van der Waals surface area contributed by atoms with Crippen molar-refractivity contribution in [3.63, 3.8) is 0 Å². The van der Waals surface area contributed by atoms with Gasteiger partial charge < -0.3 is 0 Å². The third kappa shape index (κ3) is 4.20. The summed E-state index contributed by atoms with van der Waals surface area (Å²) in [6.07, 6.45) is 11.7. The molecule has 0 spiro atoms. The number of aromatic nitrogens is 1. The largest absolute Gasteiger partial charge is 0.246 e. The van der Waals surface area contributed by atoms with E-state index in [1.807, 2.05) is 12.1 Å². The topological polar surface area (TPSA) is 12.9 Å². The quantitative estimate of drug-likeness (QED) is 0.121. The first-order valence-electron chi connectivity index (χ1n) is 13.8. The highest BCUT2D eigenvalue weighted by atomic mass is 14.7. The summed E-state index contributed by atoms with van der Waals surface area (Å²) in [6, 6.07) is 28.3. The highest BCUT2D eigenvalue weighted by molar-refractivity contribution is 6.21. The van der Waals surface area contributed by atoms with Crippen LogP contribution in [0.25, 0.3) is 54.5 Å². The van der Waals surface area contributed by atoms with Crippen molar-refractivity contribution in [2.24, 2.45) is 0 Å². The molecule has 0 aliphatic heterocycles. The van der Waals surface area contributed by atoms with Gasteiger partial charge in [-0.1, -0.05) is 108 Å². The summed E-state index contributed by atoms with van der Waals surface area (Å²) in [6.45, 7) is 13.7. The van der Waals surface area contributed by atoms with E-state index < -0.39 is 0 Å². The van der Waals surface area contributed by atoms with Gasteiger partial charge in [-0.2, -0.15) is 0 Å². The van der Waals surface area contributed by atoms with E-state index in [0.717, 1.165) is 54.5 Å². The summed E-state index contributed by atoms with van der Waals surface area (Å²) in [5, 5.41) is 6.59. The molecular formula is C39H33N. The zero-order valence-electron chi connectivity index (χ0n) is 24.1. The smallest absolute Gasteiger partial charge is 0.0795 e. The Morgan fingerprint density at radius 1 is 0.525 bits per heavy atom. The molecule has 0 fully saturated rings. The van der Waals surface area contributed by atoms with E-state index in [0.29, 0.717) is 0 Å². The predicted molar refractivity (Wildman–Crippen MR) is 173 cm³/mol. The van der Waals surface area contributed by atoms with Gasteiger partial charge in [0.05, 0.1) is 11.0 Å². The fourth-order valence-electron chi connectivity index (χ4n) is 5.64. The second kappa shape index (κ2) is 8.98. The number of rotatable bonds is 1. The van der Waals surface area contributed by atoms with Gasteiger partial charge in [0.2, 0.25) is 0 Å². The Balaban J connectivity index is 1.87. The summed E-state index contributed by atoms with van der Waals surface area (Å²) in [7, 11) is 0. The van der Waals surface area contributed by atoms with Crippen LogP contribution in [0.5, 0.6) is 0 Å². The molecule has 5 aromatic carbocycles. The summed E-state index contributed by atoms with van der Waals surface area (Å²) < 4.78 is 0. The highest BCUT2D eigenvalue weighted by Crippen LogP contribution is 2.42. The molecule has 0 aliphatic carbocycles. The maximum absolute atomic E-state index is 5.83. The molecule has 0 atom stereocenters. The van der Waals surface area contributed by atoms with E-state index in [9.17, 15) is 0 Å². The minimum Gasteiger partial charge on any atom is -0.246 e. The van der Waals surface area contributed by atoms with Crippen molar-refractivity contribution in [3.8, 4) is 35.8 Å². The third-order valence-electron chi connectivity index (χ3n) is 8.04. The van der Waals surface area contributed by atoms with Crippen LogP contribution in [0.2, 0.25) is 0 Å². The molecule has 0 saturated carbocycles. The van der Waals surface area contributed by atoms with Gasteiger partial charge in [0.1, 0.15) is 0 Å². The minimum atomic E-state index is -0.00254. The van der Waals surface area contributed by atoms with E-state index in [1.165, 1.54) is 22.3 Å². The van der Waals surface area contributed by atoms with Crippen LogP contribution in [0, 0.1) is 24.7 Å². The molecule has 0 amide bonds. The molecule has 0 radical (unpaired) electrons. The van der Waals surface area contributed by atoms with Gasteiger partial charge in [0.15, 0.2) is 0 Å². The molecule has 0 unspecified atom stereocenters. The Morgan fingerprint density at radius 2 is 0.950 bits per heavy atom. The molecule has 1 heterocycles. The average Bonchev–Trinajstić information content (AvgIpc) is 2.94. The van der Waals surface area contributed by atoms with E-state index >= 15 is 0 Å². The first-order valence-corrected chi connectivity index (χ1v) is 13.8. The van der Waals surface area contributed by atoms with Crippen molar-refractivity contribution in [1.29, 1.82) is 0 Å². The molecule has 1 nitrogen and oxygen atoms in total. The molecule has 6 rings (SSSR count). The lowest BCUT2D eigenvalue weighted by Gasteiger charge is -2.27. The number of pyridine rings is 1. The second-order valence-corrected chi connectivity index (χ2v) is 12.9. The van der Waals surface area contributed by atoms with Crippen molar-refractivity contribution in [2.75, 3.05) is 0 Å². The summed E-state index contributed by atoms with van der Waals surface area (Å²) in [5.74, 6) is 5.62. The van der Waals surface area contributed by atoms with Crippen LogP contribution in [0.15, 0.2) is 78.9 Å². The zero-order chi connectivity index (χ0) is 28.4. The second-order valence-electron chi connectivity index (χ2n) is 12.9. The summed E-state index contributed by atoms with van der Waals surface area (Å²) >= 11 is 0. The predicted octanol–water partition coefficient (Wildman–Crippen LogP) is 9.92. The van der Waals surface area contributed by atoms with Crippen LogP contribution in [0.1, 0.15) is 63.8 Å². The molecule has 194 valence electrons.